The van der Waals surface area contributed by atoms with Gasteiger partial charge < -0.3 is 0 Å². The molecule has 2 aromatic rings. The maximum absolute atomic E-state index is 12.1. The molecule has 0 radical (unpaired) electrons. The summed E-state index contributed by atoms with van der Waals surface area (Å²) < 4.78 is 2.63. The molecule has 0 fully saturated rings. The van der Waals surface area contributed by atoms with Crippen molar-refractivity contribution in [3.05, 3.63) is 53.6 Å². The summed E-state index contributed by atoms with van der Waals surface area (Å²) in [5.41, 5.74) is 1.52. The summed E-state index contributed by atoms with van der Waals surface area (Å²) in [6, 6.07) is 7.37. The van der Waals surface area contributed by atoms with E-state index in [1.54, 1.807) is 16.7 Å². The highest BCUT2D eigenvalue weighted by molar-refractivity contribution is 14.1. The van der Waals surface area contributed by atoms with Crippen LogP contribution >= 0.6 is 33.9 Å². The second-order valence-electron chi connectivity index (χ2n) is 4.03. The number of halogens is 1. The van der Waals surface area contributed by atoms with Crippen LogP contribution in [0.1, 0.15) is 20.9 Å². The Morgan fingerprint density at radius 2 is 1.89 bits per heavy atom. The quantitative estimate of drug-likeness (QED) is 0.613. The van der Waals surface area contributed by atoms with Gasteiger partial charge in [0, 0.05) is 19.7 Å². The van der Waals surface area contributed by atoms with E-state index in [1.165, 1.54) is 11.3 Å². The first-order valence-corrected chi connectivity index (χ1v) is 7.34. The van der Waals surface area contributed by atoms with Crippen LogP contribution in [-0.2, 0) is 6.54 Å². The monoisotopic (exact) mass is 373 g/mol. The van der Waals surface area contributed by atoms with Crippen molar-refractivity contribution in [3.63, 3.8) is 0 Å². The van der Waals surface area contributed by atoms with Gasteiger partial charge in [-0.25, -0.2) is 0 Å². The Labute approximate surface area is 123 Å². The molecule has 1 heterocycles. The van der Waals surface area contributed by atoms with E-state index in [0.29, 0.717) is 5.56 Å². The molecule has 0 aliphatic heterocycles. The molecule has 0 aliphatic carbocycles. The fourth-order valence-corrected chi connectivity index (χ4v) is 2.83. The van der Waals surface area contributed by atoms with Crippen LogP contribution in [0.25, 0.3) is 0 Å². The van der Waals surface area contributed by atoms with Gasteiger partial charge in [-0.15, -0.1) is 0 Å². The van der Waals surface area contributed by atoms with Crippen molar-refractivity contribution in [1.82, 2.24) is 4.57 Å². The number of hydrogen-bond acceptors (Lipinski definition) is 3. The van der Waals surface area contributed by atoms with Gasteiger partial charge in [0.1, 0.15) is 0 Å². The molecule has 0 bridgehead atoms. The molecular weight excluding hydrogens is 361 g/mol. The number of carbonyl (C=O) groups is 1. The zero-order valence-electron chi connectivity index (χ0n) is 10.1. The summed E-state index contributed by atoms with van der Waals surface area (Å²) in [6.07, 6.45) is 0. The Hall–Kier alpha value is -0.950. The van der Waals surface area contributed by atoms with Crippen molar-refractivity contribution in [2.45, 2.75) is 20.4 Å². The third-order valence-corrected chi connectivity index (χ3v) is 4.56. The van der Waals surface area contributed by atoms with E-state index in [1.807, 2.05) is 26.0 Å². The van der Waals surface area contributed by atoms with E-state index in [2.05, 4.69) is 22.6 Å². The van der Waals surface area contributed by atoms with Crippen molar-refractivity contribution in [1.29, 1.82) is 0 Å². The predicted octanol–water partition coefficient (Wildman–Crippen LogP) is 3.01. The summed E-state index contributed by atoms with van der Waals surface area (Å²) in [5.74, 6) is -0.0330. The molecule has 1 aromatic carbocycles. The second kappa shape index (κ2) is 5.36. The van der Waals surface area contributed by atoms with Crippen molar-refractivity contribution >= 4 is 39.7 Å². The summed E-state index contributed by atoms with van der Waals surface area (Å²) >= 11 is 3.38. The molecule has 5 heteroatoms. The molecule has 0 spiro atoms. The smallest absolute Gasteiger partial charge is 0.295 e. The highest BCUT2D eigenvalue weighted by Gasteiger charge is 2.12. The lowest BCUT2D eigenvalue weighted by atomic mass is 10.1. The van der Waals surface area contributed by atoms with Gasteiger partial charge >= 0.3 is 4.87 Å². The minimum atomic E-state index is -0.0659. The SMILES string of the molecule is Cc1sc(=O)n(CC(=O)c2ccc(I)cc2)c1C. The second-order valence-corrected chi connectivity index (χ2v) is 6.44. The summed E-state index contributed by atoms with van der Waals surface area (Å²) in [7, 11) is 0. The van der Waals surface area contributed by atoms with Gasteiger partial charge in [-0.3, -0.25) is 14.2 Å². The maximum atomic E-state index is 12.1. The van der Waals surface area contributed by atoms with E-state index in [4.69, 9.17) is 0 Å². The number of aryl methyl sites for hydroxylation is 1. The van der Waals surface area contributed by atoms with E-state index in [-0.39, 0.29) is 17.2 Å². The molecule has 0 atom stereocenters. The van der Waals surface area contributed by atoms with Gasteiger partial charge in [-0.1, -0.05) is 23.5 Å². The number of rotatable bonds is 3. The van der Waals surface area contributed by atoms with Crippen molar-refractivity contribution in [3.8, 4) is 0 Å². The molecule has 3 nitrogen and oxygen atoms in total. The van der Waals surface area contributed by atoms with Gasteiger partial charge in [0.15, 0.2) is 5.78 Å². The number of hydrogen-bond donors (Lipinski definition) is 0. The molecule has 94 valence electrons. The Morgan fingerprint density at radius 3 is 2.39 bits per heavy atom. The zero-order chi connectivity index (χ0) is 13.3. The highest BCUT2D eigenvalue weighted by Crippen LogP contribution is 2.12. The van der Waals surface area contributed by atoms with E-state index in [9.17, 15) is 9.59 Å². The summed E-state index contributed by atoms with van der Waals surface area (Å²) in [6.45, 7) is 3.89. The Bertz CT molecular complexity index is 640. The molecule has 0 saturated carbocycles. The number of aromatic nitrogens is 1. The van der Waals surface area contributed by atoms with Gasteiger partial charge in [0.05, 0.1) is 6.54 Å². The average Bonchev–Trinajstić information content (AvgIpc) is 2.57. The predicted molar refractivity (Wildman–Crippen MR) is 81.5 cm³/mol. The molecule has 1 aromatic heterocycles. The number of ketones is 1. The van der Waals surface area contributed by atoms with Gasteiger partial charge in [0.2, 0.25) is 0 Å². The number of carbonyl (C=O) groups excluding carboxylic acids is 1. The van der Waals surface area contributed by atoms with Gasteiger partial charge in [-0.05, 0) is 48.6 Å². The van der Waals surface area contributed by atoms with Crippen LogP contribution < -0.4 is 4.87 Å². The first-order valence-electron chi connectivity index (χ1n) is 5.44. The molecule has 0 saturated heterocycles. The van der Waals surface area contributed by atoms with Crippen LogP contribution in [0, 0.1) is 17.4 Å². The molecule has 0 aliphatic rings. The topological polar surface area (TPSA) is 39.1 Å². The molecule has 0 N–H and O–H groups in total. The maximum Gasteiger partial charge on any atom is 0.307 e. The summed E-state index contributed by atoms with van der Waals surface area (Å²) in [4.78, 5) is 24.7. The van der Waals surface area contributed by atoms with Crippen molar-refractivity contribution < 1.29 is 4.79 Å². The number of Topliss-reactive ketones (excluding diaryl/α,β-unsaturated/α-hetero) is 1. The van der Waals surface area contributed by atoms with Crippen LogP contribution in [0.4, 0.5) is 0 Å². The Morgan fingerprint density at radius 1 is 1.28 bits per heavy atom. The third-order valence-electron chi connectivity index (χ3n) is 2.84. The molecule has 18 heavy (non-hydrogen) atoms. The normalized spacial score (nSPS) is 10.6. The average molecular weight is 373 g/mol. The molecule has 2 rings (SSSR count). The van der Waals surface area contributed by atoms with Crippen LogP contribution in [0.3, 0.4) is 0 Å². The standard InChI is InChI=1S/C13H12INO2S/c1-8-9(2)18-13(17)15(8)7-12(16)10-3-5-11(14)6-4-10/h3-6H,7H2,1-2H3. The lowest BCUT2D eigenvalue weighted by Crippen LogP contribution is -2.20. The first kappa shape index (κ1) is 13.5. The van der Waals surface area contributed by atoms with Crippen molar-refractivity contribution in [2.75, 3.05) is 0 Å². The largest absolute Gasteiger partial charge is 0.307 e. The number of benzene rings is 1. The first-order chi connectivity index (χ1) is 8.49. The fourth-order valence-electron chi connectivity index (χ4n) is 1.64. The minimum Gasteiger partial charge on any atom is -0.295 e. The lowest BCUT2D eigenvalue weighted by Gasteiger charge is -2.04. The highest BCUT2D eigenvalue weighted by atomic mass is 127. The van der Waals surface area contributed by atoms with Crippen LogP contribution in [0.2, 0.25) is 0 Å². The van der Waals surface area contributed by atoms with Crippen LogP contribution in [0.5, 0.6) is 0 Å². The third kappa shape index (κ3) is 2.72. The van der Waals surface area contributed by atoms with E-state index < -0.39 is 0 Å². The molecule has 0 unspecified atom stereocenters. The minimum absolute atomic E-state index is 0.0330. The lowest BCUT2D eigenvalue weighted by molar-refractivity contribution is 0.0970. The molecule has 0 amide bonds. The van der Waals surface area contributed by atoms with Crippen LogP contribution in [-0.4, -0.2) is 10.4 Å². The zero-order valence-corrected chi connectivity index (χ0v) is 13.0. The van der Waals surface area contributed by atoms with Gasteiger partial charge in [0.25, 0.3) is 0 Å². The van der Waals surface area contributed by atoms with Crippen LogP contribution in [0.15, 0.2) is 29.1 Å². The van der Waals surface area contributed by atoms with E-state index >= 15 is 0 Å². The van der Waals surface area contributed by atoms with Gasteiger partial charge in [-0.2, -0.15) is 0 Å². The van der Waals surface area contributed by atoms with E-state index in [0.717, 1.165) is 14.1 Å². The number of nitrogens with zero attached hydrogens (tertiary/aromatic N) is 1. The molecular formula is C13H12INO2S. The Kier molecular flexibility index (Phi) is 4.01. The number of thiazole rings is 1. The summed E-state index contributed by atoms with van der Waals surface area (Å²) in [5, 5.41) is 0. The van der Waals surface area contributed by atoms with Crippen molar-refractivity contribution in [2.24, 2.45) is 0 Å². The Balaban J connectivity index is 2.27. The fraction of sp³-hybridized carbons (Fsp3) is 0.231.